The van der Waals surface area contributed by atoms with Crippen molar-refractivity contribution in [2.75, 3.05) is 56.7 Å². The molecule has 13 heteroatoms. The number of carbonyl (C=O) groups excluding carboxylic acids is 2. The molecule has 0 spiro atoms. The fourth-order valence-electron chi connectivity index (χ4n) is 4.08. The van der Waals surface area contributed by atoms with Gasteiger partial charge in [-0.15, -0.1) is 11.3 Å². The lowest BCUT2D eigenvalue weighted by molar-refractivity contribution is -0.137. The number of nitrogens with one attached hydrogen (secondary N) is 1. The number of carbonyl (C=O) groups is 2. The third-order valence-corrected chi connectivity index (χ3v) is 7.20. The molecule has 0 saturated carbocycles. The van der Waals surface area contributed by atoms with Crippen molar-refractivity contribution >= 4 is 46.3 Å². The molecular weight excluding hydrogens is 555 g/mol. The zero-order valence-corrected chi connectivity index (χ0v) is 22.7. The summed E-state index contributed by atoms with van der Waals surface area (Å²) < 4.78 is 44.4. The summed E-state index contributed by atoms with van der Waals surface area (Å²) in [4.78, 5) is 35.4. The van der Waals surface area contributed by atoms with Gasteiger partial charge in [-0.25, -0.2) is 9.78 Å². The quantitative estimate of drug-likeness (QED) is 0.382. The molecule has 1 fully saturated rings. The molecule has 0 atom stereocenters. The summed E-state index contributed by atoms with van der Waals surface area (Å²) >= 11 is 7.28. The van der Waals surface area contributed by atoms with Crippen molar-refractivity contribution in [1.82, 2.24) is 14.8 Å². The van der Waals surface area contributed by atoms with Crippen LogP contribution < -0.4 is 10.2 Å². The van der Waals surface area contributed by atoms with Gasteiger partial charge in [0.15, 0.2) is 0 Å². The molecule has 8 nitrogen and oxygen atoms in total. The van der Waals surface area contributed by atoms with Crippen molar-refractivity contribution in [3.05, 3.63) is 75.2 Å². The maximum atomic E-state index is 13.1. The van der Waals surface area contributed by atoms with Crippen molar-refractivity contribution in [3.63, 3.8) is 0 Å². The Morgan fingerprint density at radius 1 is 1.13 bits per heavy atom. The molecule has 1 N–H and O–H groups in total. The number of piperazine rings is 1. The maximum absolute atomic E-state index is 13.1. The Hall–Kier alpha value is -3.35. The van der Waals surface area contributed by atoms with Crippen LogP contribution in [-0.4, -0.2) is 73.2 Å². The molecule has 39 heavy (non-hydrogen) atoms. The number of rotatable bonds is 8. The lowest BCUT2D eigenvalue weighted by Gasteiger charge is -2.36. The minimum absolute atomic E-state index is 0.178. The Bertz CT molecular complexity index is 1300. The number of hydrogen-bond donors (Lipinski definition) is 1. The molecule has 1 saturated heterocycles. The molecule has 0 bridgehead atoms. The van der Waals surface area contributed by atoms with E-state index in [-0.39, 0.29) is 24.2 Å². The Morgan fingerprint density at radius 3 is 2.56 bits per heavy atom. The molecule has 3 amide bonds. The summed E-state index contributed by atoms with van der Waals surface area (Å²) in [6.07, 6.45) is -4.41. The van der Waals surface area contributed by atoms with Crippen LogP contribution in [0, 0.1) is 0 Å². The summed E-state index contributed by atoms with van der Waals surface area (Å²) in [7, 11) is 1.54. The number of methoxy groups -OCH3 is 1. The number of alkyl halides is 3. The number of hydrogen-bond acceptors (Lipinski definition) is 6. The lowest BCUT2D eigenvalue weighted by Crippen LogP contribution is -2.49. The van der Waals surface area contributed by atoms with Crippen LogP contribution in [-0.2, 0) is 17.5 Å². The normalized spacial score (nSPS) is 13.9. The zero-order chi connectivity index (χ0) is 28.0. The van der Waals surface area contributed by atoms with E-state index < -0.39 is 11.7 Å². The van der Waals surface area contributed by atoms with E-state index in [4.69, 9.17) is 16.3 Å². The summed E-state index contributed by atoms with van der Waals surface area (Å²) in [6, 6.07) is 11.6. The van der Waals surface area contributed by atoms with Gasteiger partial charge in [0.05, 0.1) is 18.7 Å². The maximum Gasteiger partial charge on any atom is 0.416 e. The van der Waals surface area contributed by atoms with Crippen molar-refractivity contribution in [2.45, 2.75) is 12.7 Å². The molecule has 208 valence electrons. The summed E-state index contributed by atoms with van der Waals surface area (Å²) in [5, 5.41) is 5.53. The van der Waals surface area contributed by atoms with E-state index in [1.54, 1.807) is 47.7 Å². The van der Waals surface area contributed by atoms with Crippen molar-refractivity contribution in [3.8, 4) is 0 Å². The number of halogens is 4. The van der Waals surface area contributed by atoms with E-state index in [1.165, 1.54) is 22.3 Å². The predicted octanol–water partition coefficient (Wildman–Crippen LogP) is 5.46. The molecule has 2 heterocycles. The minimum Gasteiger partial charge on any atom is -0.383 e. The Morgan fingerprint density at radius 2 is 1.87 bits per heavy atom. The molecule has 2 aromatic carbocycles. The van der Waals surface area contributed by atoms with Gasteiger partial charge in [-0.1, -0.05) is 23.7 Å². The molecule has 0 aliphatic carbocycles. The van der Waals surface area contributed by atoms with Gasteiger partial charge in [-0.3, -0.25) is 4.79 Å². The van der Waals surface area contributed by atoms with Gasteiger partial charge in [0.1, 0.15) is 10.7 Å². The van der Waals surface area contributed by atoms with Gasteiger partial charge in [-0.2, -0.15) is 13.2 Å². The van der Waals surface area contributed by atoms with Crippen LogP contribution >= 0.6 is 22.9 Å². The first kappa shape index (κ1) is 28.7. The lowest BCUT2D eigenvalue weighted by atomic mass is 10.1. The Kier molecular flexibility index (Phi) is 9.31. The van der Waals surface area contributed by atoms with Crippen LogP contribution in [0.1, 0.15) is 21.1 Å². The van der Waals surface area contributed by atoms with Crippen LogP contribution in [0.4, 0.5) is 29.3 Å². The van der Waals surface area contributed by atoms with Crippen LogP contribution in [0.5, 0.6) is 0 Å². The number of amides is 3. The van der Waals surface area contributed by atoms with E-state index in [2.05, 4.69) is 10.3 Å². The second-order valence-electron chi connectivity index (χ2n) is 8.81. The third kappa shape index (κ3) is 7.61. The highest BCUT2D eigenvalue weighted by atomic mass is 35.5. The standard InChI is InChI=1S/C26H27ClF3N5O3S/c1-38-13-12-35(25(37)31-20-6-3-5-19(27)15-20)16-23-32-22(17-39-23)24(36)34-10-8-33(9-11-34)21-7-2-4-18(14-21)26(28,29)30/h2-7,14-15,17H,8-13,16H2,1H3,(H,31,37). The van der Waals surface area contributed by atoms with Crippen LogP contribution in [0.25, 0.3) is 0 Å². The number of urea groups is 1. The fourth-order valence-corrected chi connectivity index (χ4v) is 5.05. The largest absolute Gasteiger partial charge is 0.416 e. The van der Waals surface area contributed by atoms with Gasteiger partial charge < -0.3 is 24.8 Å². The number of ether oxygens (including phenoxy) is 1. The zero-order valence-electron chi connectivity index (χ0n) is 21.1. The smallest absolute Gasteiger partial charge is 0.383 e. The molecule has 0 radical (unpaired) electrons. The highest BCUT2D eigenvalue weighted by Crippen LogP contribution is 2.32. The first-order valence-electron chi connectivity index (χ1n) is 12.1. The first-order valence-corrected chi connectivity index (χ1v) is 13.4. The van der Waals surface area contributed by atoms with Crippen LogP contribution in [0.2, 0.25) is 5.02 Å². The second kappa shape index (κ2) is 12.7. The molecular formula is C26H27ClF3N5O3S. The molecule has 3 aromatic rings. The Labute approximate surface area is 232 Å². The third-order valence-electron chi connectivity index (χ3n) is 6.13. The van der Waals surface area contributed by atoms with Crippen molar-refractivity contribution < 1.29 is 27.5 Å². The topological polar surface area (TPSA) is 78.0 Å². The number of benzene rings is 2. The predicted molar refractivity (Wildman–Crippen MR) is 144 cm³/mol. The number of aromatic nitrogens is 1. The van der Waals surface area contributed by atoms with Gasteiger partial charge in [0, 0.05) is 61.6 Å². The summed E-state index contributed by atoms with van der Waals surface area (Å²) in [5.41, 5.74) is 0.591. The van der Waals surface area contributed by atoms with Gasteiger partial charge in [-0.05, 0) is 36.4 Å². The fraction of sp³-hybridized carbons (Fsp3) is 0.346. The van der Waals surface area contributed by atoms with Gasteiger partial charge in [0.2, 0.25) is 0 Å². The van der Waals surface area contributed by atoms with Gasteiger partial charge in [0.25, 0.3) is 5.91 Å². The van der Waals surface area contributed by atoms with E-state index in [0.717, 1.165) is 12.1 Å². The SMILES string of the molecule is COCCN(Cc1nc(C(=O)N2CCN(c3cccc(C(F)(F)F)c3)CC2)cs1)C(=O)Nc1cccc(Cl)c1. The second-order valence-corrected chi connectivity index (χ2v) is 10.2. The average Bonchev–Trinajstić information content (AvgIpc) is 3.39. The van der Waals surface area contributed by atoms with E-state index >= 15 is 0 Å². The van der Waals surface area contributed by atoms with E-state index in [9.17, 15) is 22.8 Å². The number of nitrogens with zero attached hydrogens (tertiary/aromatic N) is 4. The monoisotopic (exact) mass is 581 g/mol. The van der Waals surface area contributed by atoms with Crippen LogP contribution in [0.3, 0.4) is 0 Å². The molecule has 4 rings (SSSR count). The van der Waals surface area contributed by atoms with E-state index in [0.29, 0.717) is 60.7 Å². The molecule has 1 aliphatic rings. The molecule has 0 unspecified atom stereocenters. The van der Waals surface area contributed by atoms with E-state index in [1.807, 2.05) is 4.90 Å². The van der Waals surface area contributed by atoms with Gasteiger partial charge >= 0.3 is 12.2 Å². The average molecular weight is 582 g/mol. The first-order chi connectivity index (χ1) is 18.6. The highest BCUT2D eigenvalue weighted by Gasteiger charge is 2.31. The molecule has 1 aliphatic heterocycles. The van der Waals surface area contributed by atoms with Crippen molar-refractivity contribution in [2.24, 2.45) is 0 Å². The summed E-state index contributed by atoms with van der Waals surface area (Å²) in [6.45, 7) is 2.31. The minimum atomic E-state index is -4.41. The van der Waals surface area contributed by atoms with Crippen LogP contribution in [0.15, 0.2) is 53.9 Å². The van der Waals surface area contributed by atoms with Crippen molar-refractivity contribution in [1.29, 1.82) is 0 Å². The number of anilines is 2. The number of thiazole rings is 1. The Balaban J connectivity index is 1.36. The highest BCUT2D eigenvalue weighted by molar-refractivity contribution is 7.09. The summed E-state index contributed by atoms with van der Waals surface area (Å²) in [5.74, 6) is -0.256. The molecule has 1 aromatic heterocycles.